The van der Waals surface area contributed by atoms with Crippen molar-refractivity contribution < 1.29 is 22.7 Å². The van der Waals surface area contributed by atoms with Crippen LogP contribution in [0.3, 0.4) is 0 Å². The van der Waals surface area contributed by atoms with Gasteiger partial charge in [0.25, 0.3) is 5.91 Å². The summed E-state index contributed by atoms with van der Waals surface area (Å²) in [4.78, 5) is 13.4. The molecule has 2 rings (SSSR count). The fraction of sp³-hybridized carbons (Fsp3) is 0.417. The molecule has 0 aromatic heterocycles. The van der Waals surface area contributed by atoms with E-state index in [0.29, 0.717) is 19.6 Å². The number of alkyl halides is 3. The lowest BCUT2D eigenvalue weighted by Crippen LogP contribution is -2.39. The van der Waals surface area contributed by atoms with E-state index in [0.717, 1.165) is 6.07 Å². The number of carbonyl (C=O) groups is 1. The van der Waals surface area contributed by atoms with Crippen LogP contribution in [0.5, 0.6) is 0 Å². The molecule has 1 aromatic rings. The van der Waals surface area contributed by atoms with Gasteiger partial charge in [-0.05, 0) is 24.6 Å². The Morgan fingerprint density at radius 2 is 2.11 bits per heavy atom. The Kier molecular flexibility index (Phi) is 4.15. The van der Waals surface area contributed by atoms with Crippen LogP contribution in [0.15, 0.2) is 22.7 Å². The summed E-state index contributed by atoms with van der Waals surface area (Å²) in [6.45, 7) is 0.967. The van der Waals surface area contributed by atoms with Crippen LogP contribution < -0.4 is 0 Å². The van der Waals surface area contributed by atoms with Crippen LogP contribution in [0, 0.1) is 0 Å². The molecular formula is C12H11BrF3NO2. The maximum Gasteiger partial charge on any atom is 0.417 e. The lowest BCUT2D eigenvalue weighted by molar-refractivity contribution is -0.138. The first-order valence-electron chi connectivity index (χ1n) is 5.63. The van der Waals surface area contributed by atoms with E-state index in [1.165, 1.54) is 17.0 Å². The molecule has 0 atom stereocenters. The molecular weight excluding hydrogens is 327 g/mol. The van der Waals surface area contributed by atoms with Crippen molar-refractivity contribution in [3.05, 3.63) is 33.8 Å². The number of hydrogen-bond donors (Lipinski definition) is 0. The van der Waals surface area contributed by atoms with Crippen molar-refractivity contribution >= 4 is 21.8 Å². The minimum atomic E-state index is -4.56. The summed E-state index contributed by atoms with van der Waals surface area (Å²) in [5.74, 6) is -0.653. The van der Waals surface area contributed by atoms with Crippen LogP contribution in [0.1, 0.15) is 22.3 Å². The standard InChI is InChI=1S/C12H11BrF3NO2/c13-8-2-3-9(10(6-8)12(14,15)16)11(18)17-4-1-5-19-7-17/h2-3,6H,1,4-5,7H2. The van der Waals surface area contributed by atoms with Gasteiger partial charge in [0.1, 0.15) is 6.73 Å². The Morgan fingerprint density at radius 3 is 2.68 bits per heavy atom. The van der Waals surface area contributed by atoms with E-state index in [4.69, 9.17) is 4.74 Å². The number of hydrogen-bond acceptors (Lipinski definition) is 2. The van der Waals surface area contributed by atoms with Gasteiger partial charge in [0.2, 0.25) is 0 Å². The van der Waals surface area contributed by atoms with E-state index in [1.807, 2.05) is 0 Å². The van der Waals surface area contributed by atoms with E-state index in [2.05, 4.69) is 15.9 Å². The Hall–Kier alpha value is -1.08. The first-order chi connectivity index (χ1) is 8.89. The molecule has 1 aliphatic rings. The molecule has 3 nitrogen and oxygen atoms in total. The summed E-state index contributed by atoms with van der Waals surface area (Å²) < 4.78 is 44.2. The topological polar surface area (TPSA) is 29.5 Å². The number of amides is 1. The molecule has 1 saturated heterocycles. The highest BCUT2D eigenvalue weighted by molar-refractivity contribution is 9.10. The lowest BCUT2D eigenvalue weighted by atomic mass is 10.1. The number of rotatable bonds is 1. The Bertz CT molecular complexity index is 484. The zero-order chi connectivity index (χ0) is 14.0. The Morgan fingerprint density at radius 1 is 1.37 bits per heavy atom. The minimum absolute atomic E-state index is 0.0339. The molecule has 1 fully saturated rings. The van der Waals surface area contributed by atoms with Gasteiger partial charge in [-0.1, -0.05) is 15.9 Å². The highest BCUT2D eigenvalue weighted by Gasteiger charge is 2.36. The van der Waals surface area contributed by atoms with Crippen molar-refractivity contribution in [3.8, 4) is 0 Å². The summed E-state index contributed by atoms with van der Waals surface area (Å²) in [5.41, 5.74) is -1.28. The van der Waals surface area contributed by atoms with Crippen molar-refractivity contribution in [2.75, 3.05) is 19.9 Å². The van der Waals surface area contributed by atoms with Crippen LogP contribution in [0.4, 0.5) is 13.2 Å². The maximum absolute atomic E-state index is 12.9. The number of ether oxygens (including phenoxy) is 1. The van der Waals surface area contributed by atoms with Gasteiger partial charge >= 0.3 is 6.18 Å². The fourth-order valence-electron chi connectivity index (χ4n) is 1.86. The zero-order valence-corrected chi connectivity index (χ0v) is 11.4. The third-order valence-electron chi connectivity index (χ3n) is 2.77. The molecule has 0 saturated carbocycles. The highest BCUT2D eigenvalue weighted by atomic mass is 79.9. The second-order valence-corrected chi connectivity index (χ2v) is 5.06. The normalized spacial score (nSPS) is 16.5. The quantitative estimate of drug-likeness (QED) is 0.787. The van der Waals surface area contributed by atoms with Crippen molar-refractivity contribution in [1.82, 2.24) is 4.90 Å². The average Bonchev–Trinajstić information content (AvgIpc) is 2.38. The molecule has 0 unspecified atom stereocenters. The number of nitrogens with zero attached hydrogens (tertiary/aromatic N) is 1. The summed E-state index contributed by atoms with van der Waals surface area (Å²) in [6, 6.07) is 3.52. The molecule has 1 aromatic carbocycles. The first-order valence-corrected chi connectivity index (χ1v) is 6.42. The number of carbonyl (C=O) groups excluding carboxylic acids is 1. The third-order valence-corrected chi connectivity index (χ3v) is 3.26. The largest absolute Gasteiger partial charge is 0.417 e. The highest BCUT2D eigenvalue weighted by Crippen LogP contribution is 2.34. The van der Waals surface area contributed by atoms with Crippen LogP contribution in [-0.4, -0.2) is 30.7 Å². The summed E-state index contributed by atoms with van der Waals surface area (Å²) in [7, 11) is 0. The van der Waals surface area contributed by atoms with Crippen LogP contribution >= 0.6 is 15.9 Å². The third kappa shape index (κ3) is 3.27. The Labute approximate surface area is 116 Å². The molecule has 1 aliphatic heterocycles. The van der Waals surface area contributed by atoms with E-state index in [-0.39, 0.29) is 16.8 Å². The Balaban J connectivity index is 2.35. The minimum Gasteiger partial charge on any atom is -0.361 e. The number of benzene rings is 1. The molecule has 0 bridgehead atoms. The first kappa shape index (κ1) is 14.3. The maximum atomic E-state index is 12.9. The van der Waals surface area contributed by atoms with Gasteiger partial charge in [0.05, 0.1) is 17.7 Å². The van der Waals surface area contributed by atoms with Gasteiger partial charge in [0, 0.05) is 11.0 Å². The van der Waals surface area contributed by atoms with E-state index >= 15 is 0 Å². The van der Waals surface area contributed by atoms with Gasteiger partial charge < -0.3 is 9.64 Å². The van der Waals surface area contributed by atoms with Crippen molar-refractivity contribution in [3.63, 3.8) is 0 Å². The van der Waals surface area contributed by atoms with Gasteiger partial charge in [0.15, 0.2) is 0 Å². The molecule has 0 spiro atoms. The van der Waals surface area contributed by atoms with Crippen LogP contribution in [0.25, 0.3) is 0 Å². The SMILES string of the molecule is O=C(c1ccc(Br)cc1C(F)(F)F)N1CCCOC1. The van der Waals surface area contributed by atoms with E-state index in [9.17, 15) is 18.0 Å². The van der Waals surface area contributed by atoms with Crippen LogP contribution in [-0.2, 0) is 10.9 Å². The van der Waals surface area contributed by atoms with E-state index in [1.54, 1.807) is 0 Å². The van der Waals surface area contributed by atoms with Crippen molar-refractivity contribution in [1.29, 1.82) is 0 Å². The van der Waals surface area contributed by atoms with Crippen LogP contribution in [0.2, 0.25) is 0 Å². The second-order valence-electron chi connectivity index (χ2n) is 4.15. The smallest absolute Gasteiger partial charge is 0.361 e. The second kappa shape index (κ2) is 5.50. The summed E-state index contributed by atoms with van der Waals surface area (Å²) in [6.07, 6.45) is -3.94. The molecule has 7 heteroatoms. The molecule has 104 valence electrons. The predicted octanol–water partition coefficient (Wildman–Crippen LogP) is 3.29. The lowest BCUT2D eigenvalue weighted by Gasteiger charge is -2.27. The van der Waals surface area contributed by atoms with Gasteiger partial charge in [-0.25, -0.2) is 0 Å². The fourth-order valence-corrected chi connectivity index (χ4v) is 2.23. The predicted molar refractivity (Wildman–Crippen MR) is 65.6 cm³/mol. The molecule has 0 aliphatic carbocycles. The number of halogens is 4. The molecule has 1 heterocycles. The van der Waals surface area contributed by atoms with Crippen molar-refractivity contribution in [2.45, 2.75) is 12.6 Å². The molecule has 0 N–H and O–H groups in total. The van der Waals surface area contributed by atoms with Crippen molar-refractivity contribution in [2.24, 2.45) is 0 Å². The van der Waals surface area contributed by atoms with Gasteiger partial charge in [-0.3, -0.25) is 4.79 Å². The monoisotopic (exact) mass is 337 g/mol. The zero-order valence-electron chi connectivity index (χ0n) is 9.84. The van der Waals surface area contributed by atoms with E-state index < -0.39 is 17.6 Å². The summed E-state index contributed by atoms with van der Waals surface area (Å²) >= 11 is 2.98. The van der Waals surface area contributed by atoms with Gasteiger partial charge in [-0.15, -0.1) is 0 Å². The molecule has 19 heavy (non-hydrogen) atoms. The average molecular weight is 338 g/mol. The summed E-state index contributed by atoms with van der Waals surface area (Å²) in [5, 5.41) is 0. The molecule has 1 amide bonds. The molecule has 0 radical (unpaired) electrons. The van der Waals surface area contributed by atoms with Gasteiger partial charge in [-0.2, -0.15) is 13.2 Å².